The quantitative estimate of drug-likeness (QED) is 0.649. The predicted molar refractivity (Wildman–Crippen MR) is 63.5 cm³/mol. The Kier molecular flexibility index (Phi) is 2.95. The molecule has 2 aromatic carbocycles. The first kappa shape index (κ1) is 11.4. The van der Waals surface area contributed by atoms with Gasteiger partial charge in [0.1, 0.15) is 5.75 Å². The van der Waals surface area contributed by atoms with Crippen LogP contribution in [0.25, 0.3) is 10.8 Å². The summed E-state index contributed by atoms with van der Waals surface area (Å²) < 4.78 is 5.07. The zero-order valence-corrected chi connectivity index (χ0v) is 9.08. The number of fused-ring (bicyclic) bond motifs is 1. The number of carbonyl (C=O) groups excluding carboxylic acids is 1. The average Bonchev–Trinajstić information content (AvgIpc) is 2.36. The van der Waals surface area contributed by atoms with Gasteiger partial charge in [0, 0.05) is 0 Å². The Bertz CT molecular complexity index is 566. The van der Waals surface area contributed by atoms with Crippen LogP contribution in [0, 0.1) is 5.21 Å². The number of rotatable bonds is 3. The summed E-state index contributed by atoms with van der Waals surface area (Å²) in [5.74, 6) is 0.475. The zero-order chi connectivity index (χ0) is 12.4. The van der Waals surface area contributed by atoms with Crippen LogP contribution in [-0.4, -0.2) is 18.6 Å². The maximum Gasteiger partial charge on any atom is 0.154 e. The van der Waals surface area contributed by atoms with E-state index >= 15 is 0 Å². The smallest absolute Gasteiger partial charge is 0.154 e. The van der Waals surface area contributed by atoms with E-state index in [4.69, 9.17) is 9.94 Å². The fraction of sp³-hybridized carbons (Fsp3) is 0.0833. The number of nitrogens with zero attached hydrogens (tertiary/aromatic N) is 1. The molecule has 88 valence electrons. The zero-order valence-electron chi connectivity index (χ0n) is 9.08. The van der Waals surface area contributed by atoms with Crippen molar-refractivity contribution < 1.29 is 14.7 Å². The lowest BCUT2D eigenvalue weighted by Gasteiger charge is -2.22. The van der Waals surface area contributed by atoms with Gasteiger partial charge in [-0.25, -0.2) is 0 Å². The number of aldehydes is 1. The average molecular weight is 232 g/mol. The molecule has 5 heteroatoms. The lowest BCUT2D eigenvalue weighted by Crippen LogP contribution is -2.06. The third-order valence-electron chi connectivity index (χ3n) is 2.56. The second kappa shape index (κ2) is 4.40. The van der Waals surface area contributed by atoms with Crippen LogP contribution in [0.2, 0.25) is 0 Å². The minimum atomic E-state index is -0.218. The molecule has 0 unspecified atom stereocenters. The molecule has 0 radical (unpaired) electrons. The molecular weight excluding hydrogens is 222 g/mol. The van der Waals surface area contributed by atoms with Crippen LogP contribution in [0.4, 0.5) is 5.69 Å². The first-order valence-corrected chi connectivity index (χ1v) is 4.89. The van der Waals surface area contributed by atoms with Gasteiger partial charge in [0.15, 0.2) is 6.29 Å². The molecule has 0 saturated carbocycles. The summed E-state index contributed by atoms with van der Waals surface area (Å²) in [5.41, 5.74) is 0.534. The van der Waals surface area contributed by atoms with E-state index in [1.54, 1.807) is 18.2 Å². The van der Waals surface area contributed by atoms with Gasteiger partial charge >= 0.3 is 0 Å². The Hall–Kier alpha value is -2.11. The Labute approximate surface area is 97.4 Å². The van der Waals surface area contributed by atoms with Crippen molar-refractivity contribution in [1.82, 2.24) is 0 Å². The van der Waals surface area contributed by atoms with Crippen LogP contribution in [0.1, 0.15) is 10.4 Å². The molecule has 17 heavy (non-hydrogen) atoms. The third-order valence-corrected chi connectivity index (χ3v) is 2.56. The molecule has 0 spiro atoms. The summed E-state index contributed by atoms with van der Waals surface area (Å²) in [5, 5.41) is 20.7. The van der Waals surface area contributed by atoms with Gasteiger partial charge in [0.25, 0.3) is 0 Å². The molecule has 2 aromatic rings. The van der Waals surface area contributed by atoms with Crippen molar-refractivity contribution in [2.45, 2.75) is 0 Å². The van der Waals surface area contributed by atoms with E-state index in [1.165, 1.54) is 19.2 Å². The number of benzene rings is 2. The largest absolute Gasteiger partial charge is 0.733 e. The lowest BCUT2D eigenvalue weighted by atomic mass is 10.0. The van der Waals surface area contributed by atoms with E-state index in [1.807, 2.05) is 0 Å². The molecular formula is C12H10NO4-. The minimum Gasteiger partial charge on any atom is -0.733 e. The van der Waals surface area contributed by atoms with Crippen LogP contribution >= 0.6 is 0 Å². The Morgan fingerprint density at radius 2 is 2.12 bits per heavy atom. The van der Waals surface area contributed by atoms with Crippen molar-refractivity contribution in [2.75, 3.05) is 12.3 Å². The van der Waals surface area contributed by atoms with Gasteiger partial charge in [0.2, 0.25) is 0 Å². The number of carbonyl (C=O) groups is 1. The van der Waals surface area contributed by atoms with Crippen LogP contribution < -0.4 is 9.96 Å². The highest BCUT2D eigenvalue weighted by Gasteiger charge is 2.07. The van der Waals surface area contributed by atoms with E-state index in [0.29, 0.717) is 28.4 Å². The first-order chi connectivity index (χ1) is 8.17. The highest BCUT2D eigenvalue weighted by atomic mass is 16.8. The van der Waals surface area contributed by atoms with Gasteiger partial charge in [0.05, 0.1) is 18.4 Å². The van der Waals surface area contributed by atoms with Crippen LogP contribution in [0.15, 0.2) is 30.3 Å². The standard InChI is InChI=1S/C12H10NO4/c1-17-12-5-2-8-6-9(13(15)16)3-4-10(8)11(12)7-14/h2-7,15H,1H3/q-1. The number of anilines is 1. The van der Waals surface area contributed by atoms with E-state index in [-0.39, 0.29) is 10.9 Å². The van der Waals surface area contributed by atoms with Gasteiger partial charge < -0.3 is 15.2 Å². The van der Waals surface area contributed by atoms with Crippen molar-refractivity contribution in [3.05, 3.63) is 41.1 Å². The summed E-state index contributed by atoms with van der Waals surface area (Å²) in [6.07, 6.45) is 0.703. The Morgan fingerprint density at radius 3 is 2.71 bits per heavy atom. The molecule has 0 fully saturated rings. The molecule has 0 aliphatic rings. The molecule has 0 atom stereocenters. The van der Waals surface area contributed by atoms with Crippen molar-refractivity contribution in [2.24, 2.45) is 0 Å². The minimum absolute atomic E-state index is 0.111. The van der Waals surface area contributed by atoms with Crippen LogP contribution in [0.5, 0.6) is 5.75 Å². The fourth-order valence-corrected chi connectivity index (χ4v) is 1.74. The third kappa shape index (κ3) is 1.93. The van der Waals surface area contributed by atoms with Crippen LogP contribution in [-0.2, 0) is 0 Å². The number of hydrogen-bond acceptors (Lipinski definition) is 5. The van der Waals surface area contributed by atoms with Gasteiger partial charge in [-0.2, -0.15) is 0 Å². The van der Waals surface area contributed by atoms with E-state index in [2.05, 4.69) is 0 Å². The number of ether oxygens (including phenoxy) is 1. The second-order valence-corrected chi connectivity index (χ2v) is 3.48. The summed E-state index contributed by atoms with van der Waals surface area (Å²) >= 11 is 0. The SMILES string of the molecule is COc1ccc2cc(N([O-])O)ccc2c1C=O. The highest BCUT2D eigenvalue weighted by molar-refractivity contribution is 6.01. The topological polar surface area (TPSA) is 72.8 Å². The summed E-state index contributed by atoms with van der Waals surface area (Å²) in [6, 6.07) is 7.88. The lowest BCUT2D eigenvalue weighted by molar-refractivity contribution is 0.112. The summed E-state index contributed by atoms with van der Waals surface area (Å²) in [6.45, 7) is 0. The highest BCUT2D eigenvalue weighted by Crippen LogP contribution is 2.29. The molecule has 0 aliphatic heterocycles. The second-order valence-electron chi connectivity index (χ2n) is 3.48. The molecule has 5 nitrogen and oxygen atoms in total. The fourth-order valence-electron chi connectivity index (χ4n) is 1.74. The molecule has 0 aromatic heterocycles. The molecule has 0 saturated heterocycles. The molecule has 0 bridgehead atoms. The van der Waals surface area contributed by atoms with Gasteiger partial charge in [-0.3, -0.25) is 10.0 Å². The molecule has 0 amide bonds. The molecule has 0 aliphatic carbocycles. The van der Waals surface area contributed by atoms with E-state index < -0.39 is 0 Å². The van der Waals surface area contributed by atoms with Crippen molar-refractivity contribution in [1.29, 1.82) is 0 Å². The predicted octanol–water partition coefficient (Wildman–Crippen LogP) is 2.35. The van der Waals surface area contributed by atoms with Gasteiger partial charge in [-0.05, 0) is 29.0 Å². The normalized spacial score (nSPS) is 10.3. The molecule has 2 rings (SSSR count). The van der Waals surface area contributed by atoms with Gasteiger partial charge in [-0.15, -0.1) is 0 Å². The number of methoxy groups -OCH3 is 1. The van der Waals surface area contributed by atoms with Crippen molar-refractivity contribution in [3.63, 3.8) is 0 Å². The van der Waals surface area contributed by atoms with Crippen molar-refractivity contribution >= 4 is 22.7 Å². The summed E-state index contributed by atoms with van der Waals surface area (Å²) in [4.78, 5) is 11.0. The Morgan fingerprint density at radius 1 is 1.35 bits per heavy atom. The van der Waals surface area contributed by atoms with Gasteiger partial charge in [-0.1, -0.05) is 12.1 Å². The maximum absolute atomic E-state index is 11.0. The monoisotopic (exact) mass is 232 g/mol. The maximum atomic E-state index is 11.0. The van der Waals surface area contributed by atoms with Crippen molar-refractivity contribution in [3.8, 4) is 5.75 Å². The van der Waals surface area contributed by atoms with Crippen LogP contribution in [0.3, 0.4) is 0 Å². The number of hydrogen-bond donors (Lipinski definition) is 1. The molecule has 1 N–H and O–H groups in total. The molecule has 0 heterocycles. The summed E-state index contributed by atoms with van der Waals surface area (Å²) in [7, 11) is 1.48. The van der Waals surface area contributed by atoms with E-state index in [0.717, 1.165) is 0 Å². The Balaban J connectivity index is 2.71. The van der Waals surface area contributed by atoms with E-state index in [9.17, 15) is 10.0 Å². The first-order valence-electron chi connectivity index (χ1n) is 4.89.